The van der Waals surface area contributed by atoms with Crippen LogP contribution in [0.2, 0.25) is 0 Å². The van der Waals surface area contributed by atoms with Crippen molar-refractivity contribution < 1.29 is 4.79 Å². The van der Waals surface area contributed by atoms with Crippen LogP contribution in [0.1, 0.15) is 10.5 Å². The van der Waals surface area contributed by atoms with Gasteiger partial charge in [-0.1, -0.05) is 24.3 Å². The number of fused-ring (bicyclic) bond motifs is 1. The minimum Gasteiger partial charge on any atom is -0.349 e. The van der Waals surface area contributed by atoms with Gasteiger partial charge < -0.3 is 9.88 Å². The summed E-state index contributed by atoms with van der Waals surface area (Å²) in [7, 11) is 0. The first-order chi connectivity index (χ1) is 9.84. The maximum absolute atomic E-state index is 12.2. The van der Waals surface area contributed by atoms with Gasteiger partial charge in [0.05, 0.1) is 0 Å². The van der Waals surface area contributed by atoms with E-state index in [0.717, 1.165) is 10.8 Å². The fourth-order valence-corrected chi connectivity index (χ4v) is 2.02. The Labute approximate surface area is 115 Å². The Morgan fingerprint density at radius 3 is 2.80 bits per heavy atom. The highest BCUT2D eigenvalue weighted by Crippen LogP contribution is 2.15. The maximum atomic E-state index is 12.2. The lowest BCUT2D eigenvalue weighted by atomic mass is 10.1. The molecule has 100 valence electrons. The van der Waals surface area contributed by atoms with Crippen molar-refractivity contribution in [3.05, 3.63) is 54.9 Å². The van der Waals surface area contributed by atoms with Crippen LogP contribution in [0.4, 0.5) is 0 Å². The van der Waals surface area contributed by atoms with Gasteiger partial charge in [-0.15, -0.1) is 10.2 Å². The van der Waals surface area contributed by atoms with Gasteiger partial charge >= 0.3 is 0 Å². The average molecular weight is 267 g/mol. The highest BCUT2D eigenvalue weighted by Gasteiger charge is 2.10. The van der Waals surface area contributed by atoms with E-state index >= 15 is 0 Å². The third-order valence-corrected chi connectivity index (χ3v) is 3.01. The topological polar surface area (TPSA) is 72.7 Å². The van der Waals surface area contributed by atoms with Crippen LogP contribution in [0.25, 0.3) is 10.8 Å². The molecule has 0 saturated carbocycles. The summed E-state index contributed by atoms with van der Waals surface area (Å²) in [6.07, 6.45) is 4.88. The number of carbonyl (C=O) groups is 1. The summed E-state index contributed by atoms with van der Waals surface area (Å²) in [6.45, 7) is 1.13. The molecule has 0 bridgehead atoms. The SMILES string of the molecule is O=C(NCCn1cnnc1)c1nccc2ccccc12. The number of rotatable bonds is 4. The predicted molar refractivity (Wildman–Crippen MR) is 74.1 cm³/mol. The zero-order valence-electron chi connectivity index (χ0n) is 10.7. The van der Waals surface area contributed by atoms with E-state index in [4.69, 9.17) is 0 Å². The summed E-state index contributed by atoms with van der Waals surface area (Å²) in [5.41, 5.74) is 0.451. The van der Waals surface area contributed by atoms with Crippen molar-refractivity contribution in [3.63, 3.8) is 0 Å². The van der Waals surface area contributed by atoms with Crippen molar-refractivity contribution in [3.8, 4) is 0 Å². The molecule has 6 nitrogen and oxygen atoms in total. The van der Waals surface area contributed by atoms with E-state index in [1.54, 1.807) is 23.4 Å². The van der Waals surface area contributed by atoms with E-state index in [2.05, 4.69) is 20.5 Å². The minimum absolute atomic E-state index is 0.171. The number of nitrogens with one attached hydrogen (secondary N) is 1. The van der Waals surface area contributed by atoms with Crippen LogP contribution in [0, 0.1) is 0 Å². The van der Waals surface area contributed by atoms with Gasteiger partial charge in [0.25, 0.3) is 5.91 Å². The van der Waals surface area contributed by atoms with Crippen molar-refractivity contribution in [2.75, 3.05) is 6.54 Å². The minimum atomic E-state index is -0.171. The summed E-state index contributed by atoms with van der Waals surface area (Å²) in [5, 5.41) is 12.1. The van der Waals surface area contributed by atoms with Gasteiger partial charge in [-0.25, -0.2) is 0 Å². The molecule has 0 aliphatic carbocycles. The summed E-state index contributed by atoms with van der Waals surface area (Å²) >= 11 is 0. The zero-order valence-corrected chi connectivity index (χ0v) is 10.7. The van der Waals surface area contributed by atoms with Gasteiger partial charge in [0.1, 0.15) is 18.3 Å². The van der Waals surface area contributed by atoms with Gasteiger partial charge in [0.15, 0.2) is 0 Å². The van der Waals surface area contributed by atoms with E-state index in [1.165, 1.54) is 0 Å². The number of benzene rings is 1. The fraction of sp³-hybridized carbons (Fsp3) is 0.143. The van der Waals surface area contributed by atoms with Crippen molar-refractivity contribution in [1.29, 1.82) is 0 Å². The Hall–Kier alpha value is -2.76. The quantitative estimate of drug-likeness (QED) is 0.772. The highest BCUT2D eigenvalue weighted by molar-refractivity contribution is 6.05. The smallest absolute Gasteiger partial charge is 0.270 e. The molecular weight excluding hydrogens is 254 g/mol. The summed E-state index contributed by atoms with van der Waals surface area (Å²) in [4.78, 5) is 16.4. The second kappa shape index (κ2) is 5.48. The van der Waals surface area contributed by atoms with Crippen LogP contribution in [0.15, 0.2) is 49.2 Å². The molecule has 0 atom stereocenters. The van der Waals surface area contributed by atoms with Crippen molar-refractivity contribution >= 4 is 16.7 Å². The van der Waals surface area contributed by atoms with E-state index in [9.17, 15) is 4.79 Å². The molecule has 2 heterocycles. The summed E-state index contributed by atoms with van der Waals surface area (Å²) < 4.78 is 1.80. The van der Waals surface area contributed by atoms with Crippen LogP contribution < -0.4 is 5.32 Å². The lowest BCUT2D eigenvalue weighted by Crippen LogP contribution is -2.27. The standard InChI is InChI=1S/C14H13N5O/c20-14(16-7-8-19-9-17-18-10-19)13-12-4-2-1-3-11(12)5-6-15-13/h1-6,9-10H,7-8H2,(H,16,20). The zero-order chi connectivity index (χ0) is 13.8. The normalized spacial score (nSPS) is 10.6. The highest BCUT2D eigenvalue weighted by atomic mass is 16.1. The Morgan fingerprint density at radius 1 is 1.15 bits per heavy atom. The first-order valence-corrected chi connectivity index (χ1v) is 6.29. The van der Waals surface area contributed by atoms with Crippen LogP contribution in [0.3, 0.4) is 0 Å². The van der Waals surface area contributed by atoms with Crippen molar-refractivity contribution in [1.82, 2.24) is 25.1 Å². The molecule has 0 spiro atoms. The van der Waals surface area contributed by atoms with Crippen LogP contribution >= 0.6 is 0 Å². The summed E-state index contributed by atoms with van der Waals surface area (Å²) in [6, 6.07) is 9.60. The number of amides is 1. The lowest BCUT2D eigenvalue weighted by Gasteiger charge is -2.07. The predicted octanol–water partition coefficient (Wildman–Crippen LogP) is 1.26. The Kier molecular flexibility index (Phi) is 3.36. The number of hydrogen-bond acceptors (Lipinski definition) is 4. The van der Waals surface area contributed by atoms with Crippen LogP contribution in [-0.2, 0) is 6.54 Å². The Balaban J connectivity index is 1.72. The number of hydrogen-bond donors (Lipinski definition) is 1. The maximum Gasteiger partial charge on any atom is 0.270 e. The molecule has 3 aromatic rings. The van der Waals surface area contributed by atoms with Crippen molar-refractivity contribution in [2.24, 2.45) is 0 Å². The van der Waals surface area contributed by atoms with Crippen LogP contribution in [0.5, 0.6) is 0 Å². The number of aromatic nitrogens is 4. The van der Waals surface area contributed by atoms with Gasteiger partial charge in [0, 0.05) is 24.7 Å². The van der Waals surface area contributed by atoms with Gasteiger partial charge in [0.2, 0.25) is 0 Å². The van der Waals surface area contributed by atoms with E-state index in [1.807, 2.05) is 30.3 Å². The monoisotopic (exact) mass is 267 g/mol. The number of carbonyl (C=O) groups excluding carboxylic acids is 1. The molecule has 0 saturated heterocycles. The van der Waals surface area contributed by atoms with Gasteiger partial charge in [-0.2, -0.15) is 0 Å². The average Bonchev–Trinajstić information content (AvgIpc) is 3.00. The molecule has 0 aliphatic rings. The van der Waals surface area contributed by atoms with Gasteiger partial charge in [-0.05, 0) is 11.5 Å². The molecule has 2 aromatic heterocycles. The second-order valence-electron chi connectivity index (χ2n) is 4.34. The van der Waals surface area contributed by atoms with E-state index in [0.29, 0.717) is 18.8 Å². The third kappa shape index (κ3) is 2.49. The Bertz CT molecular complexity index is 718. The number of pyridine rings is 1. The van der Waals surface area contributed by atoms with Gasteiger partial charge in [-0.3, -0.25) is 9.78 Å². The lowest BCUT2D eigenvalue weighted by molar-refractivity contribution is 0.0949. The molecule has 1 amide bonds. The molecule has 0 unspecified atom stereocenters. The molecular formula is C14H13N5O. The molecule has 6 heteroatoms. The molecule has 0 aliphatic heterocycles. The summed E-state index contributed by atoms with van der Waals surface area (Å²) in [5.74, 6) is -0.171. The molecule has 0 radical (unpaired) electrons. The van der Waals surface area contributed by atoms with E-state index < -0.39 is 0 Å². The molecule has 1 N–H and O–H groups in total. The molecule has 3 rings (SSSR count). The fourth-order valence-electron chi connectivity index (χ4n) is 2.02. The third-order valence-electron chi connectivity index (χ3n) is 3.01. The first-order valence-electron chi connectivity index (χ1n) is 6.29. The molecule has 20 heavy (non-hydrogen) atoms. The molecule has 1 aromatic carbocycles. The Morgan fingerprint density at radius 2 is 1.95 bits per heavy atom. The first kappa shape index (κ1) is 12.3. The van der Waals surface area contributed by atoms with Crippen molar-refractivity contribution in [2.45, 2.75) is 6.54 Å². The molecule has 0 fully saturated rings. The largest absolute Gasteiger partial charge is 0.349 e. The number of nitrogens with zero attached hydrogens (tertiary/aromatic N) is 4. The van der Waals surface area contributed by atoms with E-state index in [-0.39, 0.29) is 5.91 Å². The van der Waals surface area contributed by atoms with Crippen LogP contribution in [-0.4, -0.2) is 32.2 Å². The second-order valence-corrected chi connectivity index (χ2v) is 4.34.